The van der Waals surface area contributed by atoms with E-state index in [0.717, 1.165) is 50.2 Å². The number of pyridine rings is 1. The molecule has 5 heteroatoms. The predicted octanol–water partition coefficient (Wildman–Crippen LogP) is 5.26. The van der Waals surface area contributed by atoms with Crippen molar-refractivity contribution in [3.63, 3.8) is 0 Å². The highest BCUT2D eigenvalue weighted by Gasteiger charge is 2.20. The lowest BCUT2D eigenvalue weighted by atomic mass is 10.1. The van der Waals surface area contributed by atoms with Crippen LogP contribution in [0.5, 0.6) is 0 Å². The zero-order chi connectivity index (χ0) is 20.4. The van der Waals surface area contributed by atoms with Gasteiger partial charge in [-0.25, -0.2) is 4.99 Å². The van der Waals surface area contributed by atoms with Gasteiger partial charge in [-0.1, -0.05) is 55.9 Å². The molecule has 29 heavy (non-hydrogen) atoms. The van der Waals surface area contributed by atoms with Gasteiger partial charge in [0.25, 0.3) is 0 Å². The molecule has 2 N–H and O–H groups in total. The number of aliphatic imine (C=N–C) groups is 1. The zero-order valence-corrected chi connectivity index (χ0v) is 17.7. The minimum atomic E-state index is -0.714. The molecular weight excluding hydrogens is 378 g/mol. The molecule has 1 aliphatic heterocycles. The van der Waals surface area contributed by atoms with E-state index in [4.69, 9.17) is 9.98 Å². The van der Waals surface area contributed by atoms with E-state index in [1.165, 1.54) is 0 Å². The Balaban J connectivity index is 1.80. The molecule has 4 rings (SSSR count). The summed E-state index contributed by atoms with van der Waals surface area (Å²) in [5, 5.41) is 13.7. The van der Waals surface area contributed by atoms with Gasteiger partial charge >= 0.3 is 0 Å². The summed E-state index contributed by atoms with van der Waals surface area (Å²) in [6.07, 6.45) is -0.714. The second kappa shape index (κ2) is 8.49. The van der Waals surface area contributed by atoms with Gasteiger partial charge in [0.1, 0.15) is 6.23 Å². The van der Waals surface area contributed by atoms with E-state index in [2.05, 4.69) is 31.3 Å². The lowest BCUT2D eigenvalue weighted by molar-refractivity contribution is 0.135. The largest absolute Gasteiger partial charge is 0.374 e. The van der Waals surface area contributed by atoms with Crippen molar-refractivity contribution in [3.05, 3.63) is 83.2 Å². The molecule has 0 bridgehead atoms. The molecule has 0 saturated carbocycles. The Kier molecular flexibility index (Phi) is 5.81. The van der Waals surface area contributed by atoms with Gasteiger partial charge in [-0.3, -0.25) is 10.3 Å². The number of nitrogens with one attached hydrogen (secondary N) is 1. The van der Waals surface area contributed by atoms with Crippen molar-refractivity contribution in [2.24, 2.45) is 10.9 Å². The quantitative estimate of drug-likeness (QED) is 0.446. The molecule has 0 radical (unpaired) electrons. The molecule has 1 aromatic heterocycles. The minimum Gasteiger partial charge on any atom is -0.374 e. The second-order valence-electron chi connectivity index (χ2n) is 7.65. The van der Waals surface area contributed by atoms with Gasteiger partial charge in [-0.15, -0.1) is 0 Å². The van der Waals surface area contributed by atoms with E-state index in [1.54, 1.807) is 11.8 Å². The van der Waals surface area contributed by atoms with E-state index in [0.29, 0.717) is 5.92 Å². The fourth-order valence-corrected chi connectivity index (χ4v) is 4.27. The van der Waals surface area contributed by atoms with Crippen molar-refractivity contribution in [1.29, 1.82) is 0 Å². The van der Waals surface area contributed by atoms with Gasteiger partial charge in [-0.05, 0) is 48.7 Å². The summed E-state index contributed by atoms with van der Waals surface area (Å²) in [6, 6.07) is 20.3. The smallest absolute Gasteiger partial charge is 0.131 e. The summed E-state index contributed by atoms with van der Waals surface area (Å²) >= 11 is 1.70. The molecule has 0 fully saturated rings. The van der Waals surface area contributed by atoms with E-state index >= 15 is 0 Å². The third-order valence-electron chi connectivity index (χ3n) is 4.74. The second-order valence-corrected chi connectivity index (χ2v) is 8.74. The molecular formula is C24H25N3OS. The molecule has 1 aliphatic rings. The molecule has 0 amide bonds. The van der Waals surface area contributed by atoms with Crippen LogP contribution in [0.4, 0.5) is 5.69 Å². The van der Waals surface area contributed by atoms with E-state index in [1.807, 2.05) is 55.5 Å². The molecule has 4 nitrogen and oxygen atoms in total. The molecule has 2 aromatic carbocycles. The summed E-state index contributed by atoms with van der Waals surface area (Å²) in [7, 11) is 0. The van der Waals surface area contributed by atoms with Crippen molar-refractivity contribution in [2.75, 3.05) is 6.54 Å². The Bertz CT molecular complexity index is 1060. The Morgan fingerprint density at radius 1 is 1.00 bits per heavy atom. The minimum absolute atomic E-state index is 0.465. The Hall–Kier alpha value is -2.47. The third-order valence-corrected chi connectivity index (χ3v) is 5.88. The van der Waals surface area contributed by atoms with E-state index < -0.39 is 6.23 Å². The molecule has 3 aromatic rings. The summed E-state index contributed by atoms with van der Waals surface area (Å²) in [6.45, 7) is 6.98. The molecule has 0 aliphatic carbocycles. The predicted molar refractivity (Wildman–Crippen MR) is 119 cm³/mol. The first kappa shape index (κ1) is 19.8. The van der Waals surface area contributed by atoms with Crippen LogP contribution in [0.2, 0.25) is 0 Å². The highest BCUT2D eigenvalue weighted by Crippen LogP contribution is 2.41. The van der Waals surface area contributed by atoms with Crippen LogP contribution in [0.3, 0.4) is 0 Å². The number of aromatic nitrogens is 1. The highest BCUT2D eigenvalue weighted by atomic mass is 32.2. The Labute approximate surface area is 176 Å². The summed E-state index contributed by atoms with van der Waals surface area (Å²) < 4.78 is 0. The van der Waals surface area contributed by atoms with E-state index in [9.17, 15) is 5.11 Å². The van der Waals surface area contributed by atoms with Gasteiger partial charge in [0.2, 0.25) is 0 Å². The van der Waals surface area contributed by atoms with Gasteiger partial charge in [0.15, 0.2) is 0 Å². The average molecular weight is 404 g/mol. The number of aliphatic hydroxyl groups excluding tert-OH is 1. The standard InChI is InChI=1S/C24H25N3OS/c1-15(2)14-25-24(28)17-11-12-22-20(13-17)27-23(19-9-6-7-16(3)26-19)18-8-4-5-10-21(18)29-22/h4-13,15,24-25,28H,14H2,1-3H3. The van der Waals surface area contributed by atoms with Crippen molar-refractivity contribution in [3.8, 4) is 0 Å². The van der Waals surface area contributed by atoms with Crippen LogP contribution in [-0.4, -0.2) is 22.3 Å². The lowest BCUT2D eigenvalue weighted by Gasteiger charge is -2.16. The monoisotopic (exact) mass is 403 g/mol. The van der Waals surface area contributed by atoms with Crippen molar-refractivity contribution >= 4 is 23.2 Å². The first-order chi connectivity index (χ1) is 14.0. The summed E-state index contributed by atoms with van der Waals surface area (Å²) in [5.74, 6) is 0.465. The van der Waals surface area contributed by atoms with Crippen LogP contribution in [-0.2, 0) is 0 Å². The third kappa shape index (κ3) is 4.42. The van der Waals surface area contributed by atoms with Crippen LogP contribution in [0.25, 0.3) is 0 Å². The number of hydrogen-bond donors (Lipinski definition) is 2. The SMILES string of the molecule is Cc1cccc(C2=Nc3cc(C(O)NCC(C)C)ccc3Sc3ccccc32)n1. The molecule has 1 atom stereocenters. The van der Waals surface area contributed by atoms with Crippen molar-refractivity contribution in [2.45, 2.75) is 36.8 Å². The van der Waals surface area contributed by atoms with Gasteiger partial charge in [0.05, 0.1) is 17.1 Å². The fourth-order valence-electron chi connectivity index (χ4n) is 3.26. The fraction of sp³-hybridized carbons (Fsp3) is 0.250. The normalized spacial score (nSPS) is 14.0. The van der Waals surface area contributed by atoms with Gasteiger partial charge < -0.3 is 5.11 Å². The number of aryl methyl sites for hydroxylation is 1. The van der Waals surface area contributed by atoms with Crippen LogP contribution in [0.15, 0.2) is 75.4 Å². The number of aliphatic hydroxyl groups is 1. The maximum atomic E-state index is 10.6. The first-order valence-corrected chi connectivity index (χ1v) is 10.7. The van der Waals surface area contributed by atoms with Crippen LogP contribution in [0, 0.1) is 12.8 Å². The highest BCUT2D eigenvalue weighted by molar-refractivity contribution is 7.99. The number of rotatable bonds is 5. The molecule has 0 saturated heterocycles. The summed E-state index contributed by atoms with van der Waals surface area (Å²) in [5.41, 5.74) is 5.42. The lowest BCUT2D eigenvalue weighted by Crippen LogP contribution is -2.25. The van der Waals surface area contributed by atoms with Crippen LogP contribution < -0.4 is 5.32 Å². The summed E-state index contributed by atoms with van der Waals surface area (Å²) in [4.78, 5) is 12.0. The molecule has 1 unspecified atom stereocenters. The zero-order valence-electron chi connectivity index (χ0n) is 16.9. The van der Waals surface area contributed by atoms with Crippen molar-refractivity contribution in [1.82, 2.24) is 10.3 Å². The number of hydrogen-bond acceptors (Lipinski definition) is 5. The number of benzene rings is 2. The Morgan fingerprint density at radius 2 is 1.83 bits per heavy atom. The number of fused-ring (bicyclic) bond motifs is 2. The van der Waals surface area contributed by atoms with Crippen LogP contribution in [0.1, 0.15) is 42.6 Å². The molecule has 148 valence electrons. The Morgan fingerprint density at radius 3 is 2.62 bits per heavy atom. The maximum absolute atomic E-state index is 10.6. The first-order valence-electron chi connectivity index (χ1n) is 9.86. The van der Waals surface area contributed by atoms with Gasteiger partial charge in [-0.2, -0.15) is 0 Å². The average Bonchev–Trinajstić information content (AvgIpc) is 2.88. The van der Waals surface area contributed by atoms with E-state index in [-0.39, 0.29) is 0 Å². The van der Waals surface area contributed by atoms with Crippen molar-refractivity contribution < 1.29 is 5.11 Å². The van der Waals surface area contributed by atoms with Gasteiger partial charge in [0, 0.05) is 27.6 Å². The maximum Gasteiger partial charge on any atom is 0.131 e. The topological polar surface area (TPSA) is 57.5 Å². The number of nitrogens with zero attached hydrogens (tertiary/aromatic N) is 2. The van der Waals surface area contributed by atoms with Crippen LogP contribution >= 0.6 is 11.8 Å². The molecule has 2 heterocycles. The molecule has 0 spiro atoms.